The number of allylic oxidation sites excluding steroid dienone is 2. The van der Waals surface area contributed by atoms with Crippen molar-refractivity contribution < 1.29 is 14.6 Å². The van der Waals surface area contributed by atoms with Crippen LogP contribution in [-0.2, 0) is 0 Å². The number of hydrogen-bond donors (Lipinski definition) is 1. The van der Waals surface area contributed by atoms with Crippen molar-refractivity contribution in [3.8, 4) is 17.2 Å². The van der Waals surface area contributed by atoms with Gasteiger partial charge in [0.05, 0.1) is 14.2 Å². The summed E-state index contributed by atoms with van der Waals surface area (Å²) in [5.74, 6) is 0.724. The fourth-order valence-corrected chi connectivity index (χ4v) is 3.82. The monoisotopic (exact) mass is 434 g/mol. The maximum atomic E-state index is 10.3. The summed E-state index contributed by atoms with van der Waals surface area (Å²) >= 11 is 0. The Morgan fingerprint density at radius 3 is 1.48 bits per heavy atom. The highest BCUT2D eigenvalue weighted by Crippen LogP contribution is 2.38. The van der Waals surface area contributed by atoms with Gasteiger partial charge in [0.15, 0.2) is 11.5 Å². The second kappa shape index (κ2) is 10.4. The van der Waals surface area contributed by atoms with Gasteiger partial charge >= 0.3 is 0 Å². The summed E-state index contributed by atoms with van der Waals surface area (Å²) in [5.41, 5.74) is 6.45. The second-order valence-corrected chi connectivity index (χ2v) is 7.49. The molecule has 0 bridgehead atoms. The number of aromatic hydroxyl groups is 1. The van der Waals surface area contributed by atoms with Crippen LogP contribution in [0.2, 0.25) is 0 Å². The first-order valence-corrected chi connectivity index (χ1v) is 10.7. The summed E-state index contributed by atoms with van der Waals surface area (Å²) in [7, 11) is 3.06. The quantitative estimate of drug-likeness (QED) is 0.249. The molecular weight excluding hydrogens is 408 g/mol. The molecular formula is C30H26O3. The zero-order valence-corrected chi connectivity index (χ0v) is 18.7. The maximum Gasteiger partial charge on any atom is 0.200 e. The lowest BCUT2D eigenvalue weighted by Crippen LogP contribution is -1.94. The normalized spacial score (nSPS) is 10.7. The van der Waals surface area contributed by atoms with Gasteiger partial charge in [0.1, 0.15) is 0 Å². The van der Waals surface area contributed by atoms with Crippen LogP contribution in [0.1, 0.15) is 22.3 Å². The molecule has 0 aromatic heterocycles. The van der Waals surface area contributed by atoms with Crippen LogP contribution in [0.4, 0.5) is 0 Å². The van der Waals surface area contributed by atoms with Crippen molar-refractivity contribution in [2.24, 2.45) is 0 Å². The third kappa shape index (κ3) is 4.99. The Labute approximate surface area is 194 Å². The van der Waals surface area contributed by atoms with E-state index in [9.17, 15) is 5.11 Å². The van der Waals surface area contributed by atoms with E-state index in [4.69, 9.17) is 9.47 Å². The third-order valence-corrected chi connectivity index (χ3v) is 5.42. The highest BCUT2D eigenvalue weighted by Gasteiger charge is 2.13. The van der Waals surface area contributed by atoms with Crippen LogP contribution >= 0.6 is 0 Å². The molecule has 4 aromatic rings. The number of phenolic OH excluding ortho intramolecular Hbond substituents is 1. The van der Waals surface area contributed by atoms with E-state index in [1.807, 2.05) is 36.4 Å². The van der Waals surface area contributed by atoms with Crippen LogP contribution in [0.5, 0.6) is 17.2 Å². The van der Waals surface area contributed by atoms with Crippen molar-refractivity contribution >= 4 is 17.2 Å². The van der Waals surface area contributed by atoms with Gasteiger partial charge in [-0.1, -0.05) is 103 Å². The van der Waals surface area contributed by atoms with Gasteiger partial charge in [-0.2, -0.15) is 0 Å². The lowest BCUT2D eigenvalue weighted by Gasteiger charge is -2.15. The van der Waals surface area contributed by atoms with Crippen LogP contribution < -0.4 is 9.47 Å². The van der Waals surface area contributed by atoms with E-state index in [0.29, 0.717) is 11.5 Å². The minimum atomic E-state index is -0.00904. The fraction of sp³-hybridized carbons (Fsp3) is 0.0667. The molecule has 0 aliphatic carbocycles. The summed E-state index contributed by atoms with van der Waals surface area (Å²) in [6, 6.07) is 34.7. The molecule has 0 saturated heterocycles. The average molecular weight is 435 g/mol. The topological polar surface area (TPSA) is 38.7 Å². The molecule has 0 amide bonds. The Morgan fingerprint density at radius 1 is 0.636 bits per heavy atom. The van der Waals surface area contributed by atoms with E-state index < -0.39 is 0 Å². The summed E-state index contributed by atoms with van der Waals surface area (Å²) in [5, 5.41) is 10.3. The van der Waals surface area contributed by atoms with Gasteiger partial charge in [-0.05, 0) is 45.5 Å². The van der Waals surface area contributed by atoms with Crippen LogP contribution in [-0.4, -0.2) is 19.3 Å². The number of hydrogen-bond acceptors (Lipinski definition) is 3. The molecule has 4 rings (SSSR count). The van der Waals surface area contributed by atoms with Crippen LogP contribution in [0, 0.1) is 0 Å². The Hall–Kier alpha value is -4.24. The molecule has 164 valence electrons. The average Bonchev–Trinajstić information content (AvgIpc) is 2.88. The smallest absolute Gasteiger partial charge is 0.200 e. The molecule has 1 N–H and O–H groups in total. The maximum absolute atomic E-state index is 10.3. The van der Waals surface area contributed by atoms with Crippen molar-refractivity contribution in [2.75, 3.05) is 14.2 Å². The van der Waals surface area contributed by atoms with Crippen molar-refractivity contribution in [2.45, 2.75) is 0 Å². The Kier molecular flexibility index (Phi) is 6.91. The molecule has 3 nitrogen and oxygen atoms in total. The van der Waals surface area contributed by atoms with Crippen molar-refractivity contribution in [3.63, 3.8) is 0 Å². The molecule has 0 aliphatic rings. The second-order valence-electron chi connectivity index (χ2n) is 7.49. The standard InChI is InChI=1S/C30H26O3/c1-32-27-20-22(21-28(33-2)30(27)31)18-19-26(23-12-6-3-7-13-23)29(24-14-8-4-9-15-24)25-16-10-5-11-17-25/h3-21,31H,1-2H3/b19-18+. The Bertz CT molecular complexity index is 1190. The third-order valence-electron chi connectivity index (χ3n) is 5.42. The minimum Gasteiger partial charge on any atom is -0.502 e. The lowest BCUT2D eigenvalue weighted by atomic mass is 9.89. The lowest BCUT2D eigenvalue weighted by molar-refractivity contribution is 0.340. The number of ether oxygens (including phenoxy) is 2. The Balaban J connectivity index is 1.95. The molecule has 4 aromatic carbocycles. The largest absolute Gasteiger partial charge is 0.502 e. The van der Waals surface area contributed by atoms with Crippen molar-refractivity contribution in [1.82, 2.24) is 0 Å². The number of benzene rings is 4. The first-order valence-electron chi connectivity index (χ1n) is 10.7. The SMILES string of the molecule is COc1cc(/C=C/C(=C(c2ccccc2)c2ccccc2)c2ccccc2)cc(OC)c1O. The predicted octanol–water partition coefficient (Wildman–Crippen LogP) is 7.08. The summed E-state index contributed by atoms with van der Waals surface area (Å²) in [6.45, 7) is 0. The Morgan fingerprint density at radius 2 is 1.06 bits per heavy atom. The van der Waals surface area contributed by atoms with Crippen molar-refractivity contribution in [3.05, 3.63) is 131 Å². The zero-order valence-electron chi connectivity index (χ0n) is 18.7. The van der Waals surface area contributed by atoms with E-state index >= 15 is 0 Å². The summed E-state index contributed by atoms with van der Waals surface area (Å²) in [6.07, 6.45) is 4.12. The van der Waals surface area contributed by atoms with Crippen LogP contribution in [0.3, 0.4) is 0 Å². The van der Waals surface area contributed by atoms with E-state index in [-0.39, 0.29) is 5.75 Å². The molecule has 0 spiro atoms. The van der Waals surface area contributed by atoms with E-state index in [1.165, 1.54) is 14.2 Å². The van der Waals surface area contributed by atoms with Gasteiger partial charge in [0, 0.05) is 0 Å². The molecule has 0 heterocycles. The van der Waals surface area contributed by atoms with Crippen LogP contribution in [0.25, 0.3) is 17.2 Å². The first kappa shape index (κ1) is 22.0. The molecule has 0 saturated carbocycles. The number of methoxy groups -OCH3 is 2. The van der Waals surface area contributed by atoms with Gasteiger partial charge in [-0.25, -0.2) is 0 Å². The molecule has 3 heteroatoms. The van der Waals surface area contributed by atoms with Gasteiger partial charge in [-0.3, -0.25) is 0 Å². The fourth-order valence-electron chi connectivity index (χ4n) is 3.82. The van der Waals surface area contributed by atoms with Crippen LogP contribution in [0.15, 0.2) is 109 Å². The molecule has 0 radical (unpaired) electrons. The predicted molar refractivity (Wildman–Crippen MR) is 135 cm³/mol. The highest BCUT2D eigenvalue weighted by atomic mass is 16.5. The first-order chi connectivity index (χ1) is 16.2. The summed E-state index contributed by atoms with van der Waals surface area (Å²) < 4.78 is 10.7. The summed E-state index contributed by atoms with van der Waals surface area (Å²) in [4.78, 5) is 0. The van der Waals surface area contributed by atoms with E-state index in [0.717, 1.165) is 33.4 Å². The van der Waals surface area contributed by atoms with E-state index in [2.05, 4.69) is 66.7 Å². The molecule has 0 atom stereocenters. The van der Waals surface area contributed by atoms with Gasteiger partial charge < -0.3 is 14.6 Å². The van der Waals surface area contributed by atoms with Gasteiger partial charge in [0.25, 0.3) is 0 Å². The minimum absolute atomic E-state index is 0.00904. The molecule has 0 unspecified atom stereocenters. The van der Waals surface area contributed by atoms with Crippen molar-refractivity contribution in [1.29, 1.82) is 0 Å². The molecule has 33 heavy (non-hydrogen) atoms. The number of phenols is 1. The molecule has 0 fully saturated rings. The van der Waals surface area contributed by atoms with E-state index in [1.54, 1.807) is 12.1 Å². The highest BCUT2D eigenvalue weighted by molar-refractivity contribution is 6.03. The number of rotatable bonds is 7. The van der Waals surface area contributed by atoms with Gasteiger partial charge in [-0.15, -0.1) is 0 Å². The molecule has 0 aliphatic heterocycles. The van der Waals surface area contributed by atoms with Gasteiger partial charge in [0.2, 0.25) is 5.75 Å². The zero-order chi connectivity index (χ0) is 23.0.